The minimum absolute atomic E-state index is 0.00815. The monoisotopic (exact) mass is 225 g/mol. The summed E-state index contributed by atoms with van der Waals surface area (Å²) >= 11 is 0. The van der Waals surface area contributed by atoms with Gasteiger partial charge in [0.15, 0.2) is 5.78 Å². The van der Waals surface area contributed by atoms with Gasteiger partial charge in [-0.2, -0.15) is 0 Å². The number of methoxy groups -OCH3 is 2. The summed E-state index contributed by atoms with van der Waals surface area (Å²) in [6, 6.07) is 4.00. The number of nitrogens with zero attached hydrogens (tertiary/aromatic N) is 1. The van der Waals surface area contributed by atoms with Crippen molar-refractivity contribution in [2.24, 2.45) is 0 Å². The summed E-state index contributed by atoms with van der Waals surface area (Å²) in [7, 11) is 2.77. The summed E-state index contributed by atoms with van der Waals surface area (Å²) in [5.74, 6) is -0.0573. The fourth-order valence-electron chi connectivity index (χ4n) is 1.23. The molecule has 0 spiro atoms. The van der Waals surface area contributed by atoms with E-state index in [-0.39, 0.29) is 17.9 Å². The molecular weight excluding hydrogens is 214 g/mol. The second kappa shape index (κ2) is 5.22. The Bertz CT molecular complexity index is 416. The third-order valence-electron chi connectivity index (χ3n) is 1.98. The molecule has 0 saturated carbocycles. The molecule has 0 radical (unpaired) electrons. The van der Waals surface area contributed by atoms with E-state index in [0.717, 1.165) is 0 Å². The quantitative estimate of drug-likeness (QED) is 0.430. The van der Waals surface area contributed by atoms with Crippen molar-refractivity contribution < 1.29 is 19.2 Å². The molecule has 0 heterocycles. The average Bonchev–Trinajstić information content (AvgIpc) is 2.28. The number of ketones is 1. The van der Waals surface area contributed by atoms with Crippen molar-refractivity contribution in [1.29, 1.82) is 0 Å². The molecule has 1 aromatic rings. The summed E-state index contributed by atoms with van der Waals surface area (Å²) in [5.41, 5.74) is -0.256. The molecule has 0 fully saturated rings. The number of rotatable bonds is 5. The summed E-state index contributed by atoms with van der Waals surface area (Å²) in [5, 5.41) is 10.7. The number of nitro groups is 1. The molecular formula is C10H11NO5. The maximum Gasteiger partial charge on any atom is 0.280 e. The minimum Gasteiger partial charge on any atom is -0.497 e. The van der Waals surface area contributed by atoms with E-state index in [0.29, 0.717) is 5.75 Å². The van der Waals surface area contributed by atoms with Gasteiger partial charge in [0.2, 0.25) is 0 Å². The van der Waals surface area contributed by atoms with E-state index in [1.54, 1.807) is 0 Å². The van der Waals surface area contributed by atoms with Crippen LogP contribution in [0.2, 0.25) is 0 Å². The van der Waals surface area contributed by atoms with Crippen LogP contribution in [0.4, 0.5) is 5.69 Å². The van der Waals surface area contributed by atoms with Gasteiger partial charge in [0, 0.05) is 13.2 Å². The van der Waals surface area contributed by atoms with Crippen LogP contribution in [0.5, 0.6) is 5.75 Å². The number of hydrogen-bond acceptors (Lipinski definition) is 5. The number of benzene rings is 1. The number of carbonyl (C=O) groups is 1. The number of Topliss-reactive ketones (excluding diaryl/α,β-unsaturated/α-hetero) is 1. The number of nitro benzene ring substituents is 1. The molecule has 1 rings (SSSR count). The largest absolute Gasteiger partial charge is 0.497 e. The van der Waals surface area contributed by atoms with Crippen LogP contribution in [0.15, 0.2) is 18.2 Å². The fraction of sp³-hybridized carbons (Fsp3) is 0.300. The van der Waals surface area contributed by atoms with Crippen molar-refractivity contribution in [3.05, 3.63) is 33.9 Å². The van der Waals surface area contributed by atoms with Crippen LogP contribution < -0.4 is 4.74 Å². The van der Waals surface area contributed by atoms with Crippen LogP contribution in [-0.2, 0) is 4.74 Å². The van der Waals surface area contributed by atoms with Crippen molar-refractivity contribution in [3.8, 4) is 5.75 Å². The van der Waals surface area contributed by atoms with Crippen LogP contribution >= 0.6 is 0 Å². The van der Waals surface area contributed by atoms with Gasteiger partial charge in [-0.3, -0.25) is 14.9 Å². The lowest BCUT2D eigenvalue weighted by atomic mass is 10.1. The first-order valence-electron chi connectivity index (χ1n) is 4.44. The molecule has 0 atom stereocenters. The van der Waals surface area contributed by atoms with Crippen molar-refractivity contribution in [2.75, 3.05) is 20.8 Å². The van der Waals surface area contributed by atoms with Crippen molar-refractivity contribution in [3.63, 3.8) is 0 Å². The number of carbonyl (C=O) groups excluding carboxylic acids is 1. The Morgan fingerprint density at radius 3 is 2.62 bits per heavy atom. The highest BCUT2D eigenvalue weighted by molar-refractivity contribution is 6.01. The molecule has 0 saturated heterocycles. The molecule has 6 nitrogen and oxygen atoms in total. The molecule has 0 amide bonds. The number of hydrogen-bond donors (Lipinski definition) is 0. The van der Waals surface area contributed by atoms with Crippen LogP contribution in [0.3, 0.4) is 0 Å². The van der Waals surface area contributed by atoms with Crippen LogP contribution in [0.1, 0.15) is 10.4 Å². The zero-order valence-electron chi connectivity index (χ0n) is 8.93. The molecule has 0 N–H and O–H groups in total. The normalized spacial score (nSPS) is 9.88. The predicted octanol–water partition coefficient (Wildman–Crippen LogP) is 1.43. The van der Waals surface area contributed by atoms with E-state index < -0.39 is 10.7 Å². The van der Waals surface area contributed by atoms with Gasteiger partial charge in [-0.1, -0.05) is 0 Å². The second-order valence-corrected chi connectivity index (χ2v) is 3.00. The molecule has 6 heteroatoms. The lowest BCUT2D eigenvalue weighted by molar-refractivity contribution is -0.385. The SMILES string of the molecule is COCC(=O)c1cc(OC)ccc1[N+](=O)[O-]. The smallest absolute Gasteiger partial charge is 0.280 e. The molecule has 0 aliphatic carbocycles. The molecule has 0 aliphatic heterocycles. The van der Waals surface area contributed by atoms with E-state index in [2.05, 4.69) is 4.74 Å². The van der Waals surface area contributed by atoms with Gasteiger partial charge in [-0.25, -0.2) is 0 Å². The summed E-state index contributed by atoms with van der Waals surface area (Å²) in [4.78, 5) is 21.6. The standard InChI is InChI=1S/C10H11NO5/c1-15-6-10(12)8-5-7(16-2)3-4-9(8)11(13)14/h3-5H,6H2,1-2H3. The first-order chi connectivity index (χ1) is 7.60. The third-order valence-corrected chi connectivity index (χ3v) is 1.98. The maximum atomic E-state index is 11.6. The van der Waals surface area contributed by atoms with Crippen LogP contribution in [-0.4, -0.2) is 31.5 Å². The highest BCUT2D eigenvalue weighted by atomic mass is 16.6. The van der Waals surface area contributed by atoms with Crippen molar-refractivity contribution in [2.45, 2.75) is 0 Å². The lowest BCUT2D eigenvalue weighted by Crippen LogP contribution is -2.10. The topological polar surface area (TPSA) is 78.7 Å². The maximum absolute atomic E-state index is 11.6. The zero-order valence-corrected chi connectivity index (χ0v) is 8.93. The van der Waals surface area contributed by atoms with Crippen LogP contribution in [0, 0.1) is 10.1 Å². The highest BCUT2D eigenvalue weighted by Crippen LogP contribution is 2.24. The molecule has 0 aliphatic rings. The predicted molar refractivity (Wildman–Crippen MR) is 55.9 cm³/mol. The van der Waals surface area contributed by atoms with Gasteiger partial charge in [0.05, 0.1) is 12.0 Å². The Morgan fingerprint density at radius 1 is 1.44 bits per heavy atom. The molecule has 0 unspecified atom stereocenters. The Hall–Kier alpha value is -1.95. The molecule has 16 heavy (non-hydrogen) atoms. The molecule has 1 aromatic carbocycles. The minimum atomic E-state index is -0.609. The van der Waals surface area contributed by atoms with Gasteiger partial charge < -0.3 is 9.47 Å². The van der Waals surface area contributed by atoms with E-state index in [9.17, 15) is 14.9 Å². The summed E-state index contributed by atoms with van der Waals surface area (Å²) in [6.07, 6.45) is 0. The zero-order chi connectivity index (χ0) is 12.1. The Labute approximate surface area is 91.9 Å². The van der Waals surface area contributed by atoms with Gasteiger partial charge in [0.25, 0.3) is 5.69 Å². The number of ether oxygens (including phenoxy) is 2. The van der Waals surface area contributed by atoms with Gasteiger partial charge >= 0.3 is 0 Å². The average molecular weight is 225 g/mol. The van der Waals surface area contributed by atoms with Gasteiger partial charge in [0.1, 0.15) is 17.9 Å². The Balaban J connectivity index is 3.20. The second-order valence-electron chi connectivity index (χ2n) is 3.00. The summed E-state index contributed by atoms with van der Waals surface area (Å²) < 4.78 is 9.56. The van der Waals surface area contributed by atoms with E-state index in [1.807, 2.05) is 0 Å². The van der Waals surface area contributed by atoms with Crippen molar-refractivity contribution >= 4 is 11.5 Å². The van der Waals surface area contributed by atoms with E-state index in [1.165, 1.54) is 32.4 Å². The first kappa shape index (κ1) is 12.1. The third kappa shape index (κ3) is 2.54. The Morgan fingerprint density at radius 2 is 2.12 bits per heavy atom. The highest BCUT2D eigenvalue weighted by Gasteiger charge is 2.20. The van der Waals surface area contributed by atoms with Gasteiger partial charge in [-0.05, 0) is 12.1 Å². The Kier molecular flexibility index (Phi) is 3.96. The van der Waals surface area contributed by atoms with Crippen molar-refractivity contribution in [1.82, 2.24) is 0 Å². The van der Waals surface area contributed by atoms with E-state index >= 15 is 0 Å². The van der Waals surface area contributed by atoms with Crippen LogP contribution in [0.25, 0.3) is 0 Å². The van der Waals surface area contributed by atoms with Gasteiger partial charge in [-0.15, -0.1) is 0 Å². The summed E-state index contributed by atoms with van der Waals surface area (Å²) in [6.45, 7) is -0.200. The fourth-order valence-corrected chi connectivity index (χ4v) is 1.23. The van der Waals surface area contributed by atoms with E-state index in [4.69, 9.17) is 4.74 Å². The lowest BCUT2D eigenvalue weighted by Gasteiger charge is -2.04. The first-order valence-corrected chi connectivity index (χ1v) is 4.44. The molecule has 0 aromatic heterocycles. The molecule has 86 valence electrons. The molecule has 0 bridgehead atoms.